The molecule has 0 radical (unpaired) electrons. The third kappa shape index (κ3) is 3.56. The molecule has 4 heteroatoms. The summed E-state index contributed by atoms with van der Waals surface area (Å²) < 4.78 is 0. The Labute approximate surface area is 135 Å². The van der Waals surface area contributed by atoms with Crippen molar-refractivity contribution in [2.24, 2.45) is 29.4 Å². The number of nitrogens with zero attached hydrogens (tertiary/aromatic N) is 1. The van der Waals surface area contributed by atoms with Crippen LogP contribution in [0.2, 0.25) is 0 Å². The van der Waals surface area contributed by atoms with Gasteiger partial charge in [-0.2, -0.15) is 0 Å². The maximum atomic E-state index is 12.7. The molecular formula is C17H31ClN2O. The molecule has 0 saturated heterocycles. The third-order valence-corrected chi connectivity index (χ3v) is 6.24. The lowest BCUT2D eigenvalue weighted by molar-refractivity contribution is -0.136. The predicted molar refractivity (Wildman–Crippen MR) is 88.4 cm³/mol. The Bertz CT molecular complexity index is 355. The van der Waals surface area contributed by atoms with Crippen molar-refractivity contribution in [3.05, 3.63) is 0 Å². The summed E-state index contributed by atoms with van der Waals surface area (Å²) in [6.45, 7) is 0.935. The smallest absolute Gasteiger partial charge is 0.227 e. The van der Waals surface area contributed by atoms with Crippen molar-refractivity contribution in [3.8, 4) is 0 Å². The standard InChI is InChI=1S/C17H30N2O.ClH/c1-19(10-9-12-5-3-2-4-6-12)17(20)15-13-7-8-14(11-13)16(15)18;/h12-16H,2-11,18H2,1H3;1H. The van der Waals surface area contributed by atoms with Crippen LogP contribution in [-0.4, -0.2) is 30.4 Å². The molecule has 122 valence electrons. The molecule has 0 aromatic rings. The largest absolute Gasteiger partial charge is 0.345 e. The monoisotopic (exact) mass is 314 g/mol. The minimum absolute atomic E-state index is 0. The highest BCUT2D eigenvalue weighted by Gasteiger charge is 2.49. The molecule has 0 heterocycles. The number of carbonyl (C=O) groups is 1. The number of hydrogen-bond donors (Lipinski definition) is 1. The van der Waals surface area contributed by atoms with Gasteiger partial charge in [0.1, 0.15) is 0 Å². The summed E-state index contributed by atoms with van der Waals surface area (Å²) in [5, 5.41) is 0. The lowest BCUT2D eigenvalue weighted by Crippen LogP contribution is -2.46. The molecule has 4 atom stereocenters. The van der Waals surface area contributed by atoms with Crippen LogP contribution in [0, 0.1) is 23.7 Å². The first-order valence-corrected chi connectivity index (χ1v) is 8.67. The zero-order valence-corrected chi connectivity index (χ0v) is 14.1. The van der Waals surface area contributed by atoms with Gasteiger partial charge in [0.15, 0.2) is 0 Å². The van der Waals surface area contributed by atoms with Crippen LogP contribution in [0.4, 0.5) is 0 Å². The maximum absolute atomic E-state index is 12.7. The Balaban J connectivity index is 0.00000161. The van der Waals surface area contributed by atoms with Crippen molar-refractivity contribution in [2.45, 2.75) is 63.8 Å². The molecule has 0 aliphatic heterocycles. The van der Waals surface area contributed by atoms with E-state index in [1.165, 1.54) is 57.8 Å². The first-order valence-electron chi connectivity index (χ1n) is 8.67. The number of nitrogens with two attached hydrogens (primary N) is 1. The van der Waals surface area contributed by atoms with E-state index in [9.17, 15) is 4.79 Å². The maximum Gasteiger partial charge on any atom is 0.227 e. The molecule has 3 aliphatic rings. The second-order valence-corrected chi connectivity index (χ2v) is 7.49. The average molecular weight is 315 g/mol. The van der Waals surface area contributed by atoms with Crippen molar-refractivity contribution in [1.29, 1.82) is 0 Å². The van der Waals surface area contributed by atoms with Crippen molar-refractivity contribution in [3.63, 3.8) is 0 Å². The Kier molecular flexibility index (Phi) is 5.96. The van der Waals surface area contributed by atoms with E-state index in [4.69, 9.17) is 5.73 Å². The number of hydrogen-bond acceptors (Lipinski definition) is 2. The number of rotatable bonds is 4. The van der Waals surface area contributed by atoms with Gasteiger partial charge in [-0.3, -0.25) is 4.79 Å². The summed E-state index contributed by atoms with van der Waals surface area (Å²) in [6.07, 6.45) is 11.8. The molecule has 3 rings (SSSR count). The molecule has 0 aromatic carbocycles. The average Bonchev–Trinajstić information content (AvgIpc) is 3.06. The molecule has 2 N–H and O–H groups in total. The summed E-state index contributed by atoms with van der Waals surface area (Å²) >= 11 is 0. The summed E-state index contributed by atoms with van der Waals surface area (Å²) in [5.74, 6) is 2.53. The molecule has 2 bridgehead atoms. The van der Waals surface area contributed by atoms with Crippen LogP contribution < -0.4 is 5.73 Å². The first kappa shape index (κ1) is 17.1. The Morgan fingerprint density at radius 2 is 1.76 bits per heavy atom. The fraction of sp³-hybridized carbons (Fsp3) is 0.941. The number of fused-ring (bicyclic) bond motifs is 2. The van der Waals surface area contributed by atoms with E-state index < -0.39 is 0 Å². The summed E-state index contributed by atoms with van der Waals surface area (Å²) in [4.78, 5) is 14.7. The Morgan fingerprint density at radius 3 is 2.38 bits per heavy atom. The molecule has 3 aliphatic carbocycles. The molecule has 1 amide bonds. The van der Waals surface area contributed by atoms with Crippen LogP contribution in [0.1, 0.15) is 57.8 Å². The van der Waals surface area contributed by atoms with E-state index in [1.807, 2.05) is 11.9 Å². The van der Waals surface area contributed by atoms with Gasteiger partial charge in [0.25, 0.3) is 0 Å². The van der Waals surface area contributed by atoms with Gasteiger partial charge >= 0.3 is 0 Å². The van der Waals surface area contributed by atoms with Gasteiger partial charge in [0.2, 0.25) is 5.91 Å². The summed E-state index contributed by atoms with van der Waals surface area (Å²) in [7, 11) is 1.99. The minimum Gasteiger partial charge on any atom is -0.345 e. The van der Waals surface area contributed by atoms with Crippen LogP contribution in [0.5, 0.6) is 0 Å². The number of halogens is 1. The normalized spacial score (nSPS) is 35.5. The van der Waals surface area contributed by atoms with Crippen LogP contribution in [-0.2, 0) is 4.79 Å². The van der Waals surface area contributed by atoms with Crippen molar-refractivity contribution in [1.82, 2.24) is 4.90 Å². The van der Waals surface area contributed by atoms with Crippen LogP contribution in [0.3, 0.4) is 0 Å². The lowest BCUT2D eigenvalue weighted by atomic mass is 9.83. The van der Waals surface area contributed by atoms with E-state index in [0.29, 0.717) is 17.7 Å². The Hall–Kier alpha value is -0.280. The highest BCUT2D eigenvalue weighted by Crippen LogP contribution is 2.48. The predicted octanol–water partition coefficient (Wildman–Crippen LogP) is 3.21. The fourth-order valence-electron chi connectivity index (χ4n) is 4.92. The Morgan fingerprint density at radius 1 is 1.10 bits per heavy atom. The van der Waals surface area contributed by atoms with Gasteiger partial charge in [-0.05, 0) is 43.4 Å². The summed E-state index contributed by atoms with van der Waals surface area (Å²) in [5.41, 5.74) is 6.29. The summed E-state index contributed by atoms with van der Waals surface area (Å²) in [6, 6.07) is 0.137. The molecule has 4 unspecified atom stereocenters. The second kappa shape index (κ2) is 7.32. The molecule has 21 heavy (non-hydrogen) atoms. The van der Waals surface area contributed by atoms with Crippen molar-refractivity contribution in [2.75, 3.05) is 13.6 Å². The second-order valence-electron chi connectivity index (χ2n) is 7.49. The quantitative estimate of drug-likeness (QED) is 0.866. The van der Waals surface area contributed by atoms with E-state index in [1.54, 1.807) is 0 Å². The highest BCUT2D eigenvalue weighted by atomic mass is 35.5. The van der Waals surface area contributed by atoms with Crippen molar-refractivity contribution < 1.29 is 4.79 Å². The molecule has 3 nitrogen and oxygen atoms in total. The van der Waals surface area contributed by atoms with E-state index >= 15 is 0 Å². The molecular weight excluding hydrogens is 284 g/mol. The highest BCUT2D eigenvalue weighted by molar-refractivity contribution is 5.85. The van der Waals surface area contributed by atoms with E-state index in [0.717, 1.165) is 12.5 Å². The van der Waals surface area contributed by atoms with E-state index in [2.05, 4.69) is 0 Å². The third-order valence-electron chi connectivity index (χ3n) is 6.24. The van der Waals surface area contributed by atoms with Gasteiger partial charge in [-0.15, -0.1) is 12.4 Å². The van der Waals surface area contributed by atoms with Gasteiger partial charge < -0.3 is 10.6 Å². The van der Waals surface area contributed by atoms with Crippen LogP contribution in [0.25, 0.3) is 0 Å². The van der Waals surface area contributed by atoms with Crippen LogP contribution in [0.15, 0.2) is 0 Å². The molecule has 0 spiro atoms. The first-order chi connectivity index (χ1) is 9.66. The van der Waals surface area contributed by atoms with Gasteiger partial charge in [0, 0.05) is 19.6 Å². The SMILES string of the molecule is CN(CCC1CCCCC1)C(=O)C1C2CCC(C2)C1N.Cl. The van der Waals surface area contributed by atoms with Crippen molar-refractivity contribution >= 4 is 18.3 Å². The number of carbonyl (C=O) groups excluding carboxylic acids is 1. The minimum atomic E-state index is 0. The van der Waals surface area contributed by atoms with E-state index in [-0.39, 0.29) is 24.4 Å². The molecule has 0 aromatic heterocycles. The zero-order valence-electron chi connectivity index (χ0n) is 13.3. The van der Waals surface area contributed by atoms with Crippen LogP contribution >= 0.6 is 12.4 Å². The molecule has 3 saturated carbocycles. The van der Waals surface area contributed by atoms with Gasteiger partial charge in [-0.25, -0.2) is 0 Å². The lowest BCUT2D eigenvalue weighted by Gasteiger charge is -2.32. The van der Waals surface area contributed by atoms with Gasteiger partial charge in [0.05, 0.1) is 5.92 Å². The van der Waals surface area contributed by atoms with Gasteiger partial charge in [-0.1, -0.05) is 32.1 Å². The topological polar surface area (TPSA) is 46.3 Å². The zero-order chi connectivity index (χ0) is 14.1. The fourth-order valence-corrected chi connectivity index (χ4v) is 4.92. The number of amides is 1. The molecule has 3 fully saturated rings.